The topological polar surface area (TPSA) is 21.5 Å². The number of carbonyl (C=O) groups is 1. The average molecular weight is 266 g/mol. The number of likely N-dealkylation sites (tertiary alicyclic amines) is 1. The Labute approximate surface area is 120 Å². The maximum atomic E-state index is 12.2. The summed E-state index contributed by atoms with van der Waals surface area (Å²) in [5, 5.41) is 0. The monoisotopic (exact) mass is 266 g/mol. The van der Waals surface area contributed by atoms with Crippen LogP contribution in [0.4, 0.5) is 0 Å². The second-order valence-electron chi connectivity index (χ2n) is 5.62. The molecule has 1 aliphatic rings. The first-order chi connectivity index (χ1) is 9.75. The Bertz CT molecular complexity index is 527. The van der Waals surface area contributed by atoms with Crippen molar-refractivity contribution in [3.05, 3.63) is 71.8 Å². The van der Waals surface area contributed by atoms with E-state index in [9.17, 15) is 4.79 Å². The van der Waals surface area contributed by atoms with Gasteiger partial charge in [-0.25, -0.2) is 0 Å². The molecule has 1 N–H and O–H groups in total. The van der Waals surface area contributed by atoms with Gasteiger partial charge in [0.25, 0.3) is 0 Å². The first-order valence-corrected chi connectivity index (χ1v) is 7.20. The number of hydrogen-bond acceptors (Lipinski definition) is 1. The maximum Gasteiger partial charge on any atom is 0.145 e. The molecule has 1 saturated heterocycles. The average Bonchev–Trinajstić information content (AvgIpc) is 2.51. The first kappa shape index (κ1) is 13.1. The molecular weight excluding hydrogens is 246 g/mol. The molecule has 0 aromatic heterocycles. The van der Waals surface area contributed by atoms with Gasteiger partial charge in [-0.05, 0) is 0 Å². The van der Waals surface area contributed by atoms with Gasteiger partial charge in [-0.1, -0.05) is 60.7 Å². The molecule has 3 rings (SSSR count). The van der Waals surface area contributed by atoms with Crippen LogP contribution in [0.15, 0.2) is 60.7 Å². The molecule has 102 valence electrons. The highest BCUT2D eigenvalue weighted by atomic mass is 16.1. The van der Waals surface area contributed by atoms with Crippen LogP contribution in [0.2, 0.25) is 0 Å². The predicted molar refractivity (Wildman–Crippen MR) is 79.5 cm³/mol. The second-order valence-corrected chi connectivity index (χ2v) is 5.62. The summed E-state index contributed by atoms with van der Waals surface area (Å²) in [6, 6.07) is 21.3. The highest BCUT2D eigenvalue weighted by molar-refractivity contribution is 5.80. The SMILES string of the molecule is C[NH+]1[C@@H](c2ccccc2)CC(=O)C[C@@H]1c1ccccc1. The van der Waals surface area contributed by atoms with Gasteiger partial charge in [0.05, 0.1) is 19.9 Å². The quantitative estimate of drug-likeness (QED) is 0.885. The largest absolute Gasteiger partial charge is 0.324 e. The molecule has 20 heavy (non-hydrogen) atoms. The Hall–Kier alpha value is -1.93. The van der Waals surface area contributed by atoms with Gasteiger partial charge in [0.1, 0.15) is 17.9 Å². The Morgan fingerprint density at radius 2 is 1.20 bits per heavy atom. The van der Waals surface area contributed by atoms with E-state index in [1.807, 2.05) is 12.1 Å². The Morgan fingerprint density at radius 3 is 1.60 bits per heavy atom. The molecule has 0 aliphatic carbocycles. The van der Waals surface area contributed by atoms with Gasteiger partial charge in [-0.2, -0.15) is 0 Å². The van der Waals surface area contributed by atoms with E-state index in [1.165, 1.54) is 16.0 Å². The van der Waals surface area contributed by atoms with Crippen LogP contribution in [0.5, 0.6) is 0 Å². The zero-order valence-electron chi connectivity index (χ0n) is 11.8. The third-order valence-corrected chi connectivity index (χ3v) is 4.37. The van der Waals surface area contributed by atoms with Crippen molar-refractivity contribution >= 4 is 5.78 Å². The zero-order valence-corrected chi connectivity index (χ0v) is 11.8. The lowest BCUT2D eigenvalue weighted by atomic mass is 9.87. The number of quaternary nitrogens is 1. The lowest BCUT2D eigenvalue weighted by Gasteiger charge is -2.36. The van der Waals surface area contributed by atoms with Crippen molar-refractivity contribution < 1.29 is 9.69 Å². The third-order valence-electron chi connectivity index (χ3n) is 4.37. The van der Waals surface area contributed by atoms with E-state index in [0.29, 0.717) is 18.6 Å². The van der Waals surface area contributed by atoms with Gasteiger partial charge in [0, 0.05) is 11.1 Å². The lowest BCUT2D eigenvalue weighted by molar-refractivity contribution is -0.945. The number of Topliss-reactive ketones (excluding diaryl/α,β-unsaturated/α-hetero) is 1. The van der Waals surface area contributed by atoms with Crippen LogP contribution in [0.1, 0.15) is 36.1 Å². The van der Waals surface area contributed by atoms with Gasteiger partial charge in [0.2, 0.25) is 0 Å². The minimum absolute atomic E-state index is 0.266. The number of piperidine rings is 1. The number of ketones is 1. The fraction of sp³-hybridized carbons (Fsp3) is 0.278. The van der Waals surface area contributed by atoms with Gasteiger partial charge in [-0.3, -0.25) is 4.79 Å². The minimum Gasteiger partial charge on any atom is -0.324 e. The van der Waals surface area contributed by atoms with Gasteiger partial charge in [-0.15, -0.1) is 0 Å². The van der Waals surface area contributed by atoms with Crippen molar-refractivity contribution in [2.75, 3.05) is 7.05 Å². The van der Waals surface area contributed by atoms with E-state index in [4.69, 9.17) is 0 Å². The summed E-state index contributed by atoms with van der Waals surface area (Å²) < 4.78 is 0. The summed E-state index contributed by atoms with van der Waals surface area (Å²) in [6.45, 7) is 0. The van der Waals surface area contributed by atoms with Gasteiger partial charge >= 0.3 is 0 Å². The summed E-state index contributed by atoms with van der Waals surface area (Å²) in [7, 11) is 2.21. The normalized spacial score (nSPS) is 23.8. The summed E-state index contributed by atoms with van der Waals surface area (Å²) in [5.74, 6) is 0.373. The highest BCUT2D eigenvalue weighted by Gasteiger charge is 2.37. The number of carbonyl (C=O) groups excluding carboxylic acids is 1. The standard InChI is InChI=1S/C18H19NO/c1-19-17(14-8-4-2-5-9-14)12-16(20)13-18(19)15-10-6-3-7-11-15/h2-11,17-18H,12-13H2,1H3/p+1/t17-,18-/m1/s1. The minimum atomic E-state index is 0.266. The Balaban J connectivity index is 1.92. The van der Waals surface area contributed by atoms with E-state index in [0.717, 1.165) is 0 Å². The molecule has 1 aliphatic heterocycles. The smallest absolute Gasteiger partial charge is 0.145 e. The van der Waals surface area contributed by atoms with E-state index < -0.39 is 0 Å². The summed E-state index contributed by atoms with van der Waals surface area (Å²) in [6.07, 6.45) is 1.30. The van der Waals surface area contributed by atoms with E-state index in [-0.39, 0.29) is 12.1 Å². The Kier molecular flexibility index (Phi) is 3.66. The predicted octanol–water partition coefficient (Wildman–Crippen LogP) is 2.35. The summed E-state index contributed by atoms with van der Waals surface area (Å²) in [5.41, 5.74) is 2.53. The molecule has 2 aromatic carbocycles. The van der Waals surface area contributed by atoms with Crippen molar-refractivity contribution in [3.8, 4) is 0 Å². The van der Waals surface area contributed by atoms with Crippen molar-refractivity contribution in [2.45, 2.75) is 24.9 Å². The van der Waals surface area contributed by atoms with E-state index >= 15 is 0 Å². The molecule has 1 heterocycles. The second kappa shape index (κ2) is 5.59. The number of rotatable bonds is 2. The first-order valence-electron chi connectivity index (χ1n) is 7.20. The Morgan fingerprint density at radius 1 is 0.800 bits per heavy atom. The lowest BCUT2D eigenvalue weighted by Crippen LogP contribution is -3.10. The maximum absolute atomic E-state index is 12.2. The number of nitrogens with one attached hydrogen (secondary N) is 1. The summed E-state index contributed by atoms with van der Waals surface area (Å²) >= 11 is 0. The van der Waals surface area contributed by atoms with Crippen LogP contribution < -0.4 is 4.90 Å². The molecule has 0 unspecified atom stereocenters. The molecule has 1 fully saturated rings. The molecule has 0 amide bonds. The van der Waals surface area contributed by atoms with Crippen molar-refractivity contribution in [2.24, 2.45) is 0 Å². The van der Waals surface area contributed by atoms with Crippen LogP contribution in [-0.4, -0.2) is 12.8 Å². The van der Waals surface area contributed by atoms with E-state index in [2.05, 4.69) is 55.6 Å². The fourth-order valence-electron chi connectivity index (χ4n) is 3.24. The zero-order chi connectivity index (χ0) is 13.9. The molecule has 2 atom stereocenters. The molecule has 0 radical (unpaired) electrons. The molecule has 2 nitrogen and oxygen atoms in total. The van der Waals surface area contributed by atoms with Crippen LogP contribution in [0, 0.1) is 0 Å². The third kappa shape index (κ3) is 2.52. The van der Waals surface area contributed by atoms with E-state index in [1.54, 1.807) is 0 Å². The van der Waals surface area contributed by atoms with Crippen molar-refractivity contribution in [3.63, 3.8) is 0 Å². The van der Waals surface area contributed by atoms with Crippen molar-refractivity contribution in [1.29, 1.82) is 0 Å². The fourth-order valence-corrected chi connectivity index (χ4v) is 3.24. The van der Waals surface area contributed by atoms with Crippen molar-refractivity contribution in [1.82, 2.24) is 0 Å². The van der Waals surface area contributed by atoms with Crippen LogP contribution in [0.3, 0.4) is 0 Å². The molecule has 0 saturated carbocycles. The number of benzene rings is 2. The van der Waals surface area contributed by atoms with Crippen LogP contribution >= 0.6 is 0 Å². The molecular formula is C18H20NO+. The summed E-state index contributed by atoms with van der Waals surface area (Å²) in [4.78, 5) is 13.6. The molecule has 2 heteroatoms. The molecule has 0 spiro atoms. The number of hydrogen-bond donors (Lipinski definition) is 1. The molecule has 2 aromatic rings. The van der Waals surface area contributed by atoms with Gasteiger partial charge in [0.15, 0.2) is 0 Å². The van der Waals surface area contributed by atoms with Crippen LogP contribution in [-0.2, 0) is 4.79 Å². The highest BCUT2D eigenvalue weighted by Crippen LogP contribution is 2.25. The molecule has 0 bridgehead atoms. The van der Waals surface area contributed by atoms with Gasteiger partial charge < -0.3 is 4.90 Å². The van der Waals surface area contributed by atoms with Crippen LogP contribution in [0.25, 0.3) is 0 Å².